The van der Waals surface area contributed by atoms with E-state index in [-0.39, 0.29) is 75.5 Å². The van der Waals surface area contributed by atoms with Gasteiger partial charge in [-0.1, -0.05) is 59.7 Å². The zero-order chi connectivity index (χ0) is 18.1. The van der Waals surface area contributed by atoms with Gasteiger partial charge in [0.15, 0.2) is 0 Å². The molecule has 0 amide bonds. The molecule has 153 valence electrons. The molecule has 0 aromatic heterocycles. The first-order valence-corrected chi connectivity index (χ1v) is 8.65. The molecule has 2 aromatic carbocycles. The van der Waals surface area contributed by atoms with Crippen LogP contribution in [0.25, 0.3) is 0 Å². The van der Waals surface area contributed by atoms with Crippen LogP contribution in [0.3, 0.4) is 0 Å². The normalized spacial score (nSPS) is 11.0. The first-order chi connectivity index (χ1) is 11.0. The first-order valence-electron chi connectivity index (χ1n) is 8.21. The van der Waals surface area contributed by atoms with Gasteiger partial charge in [0.2, 0.25) is 0 Å². The summed E-state index contributed by atoms with van der Waals surface area (Å²) in [6.45, 7) is 13.3. The zero-order valence-electron chi connectivity index (χ0n) is 17.0. The van der Waals surface area contributed by atoms with Crippen molar-refractivity contribution in [2.24, 2.45) is 4.99 Å². The van der Waals surface area contributed by atoms with E-state index in [4.69, 9.17) is 12.6 Å². The van der Waals surface area contributed by atoms with E-state index < -0.39 is 0 Å². The fraction of sp³-hybridized carbons (Fsp3) is 0.381. The van der Waals surface area contributed by atoms with Crippen molar-refractivity contribution in [3.63, 3.8) is 0 Å². The van der Waals surface area contributed by atoms with Gasteiger partial charge >= 0.3 is 21.7 Å². The van der Waals surface area contributed by atoms with Crippen LogP contribution in [0.2, 0.25) is 0 Å². The van der Waals surface area contributed by atoms with Crippen LogP contribution in [0, 0.1) is 0 Å². The number of hydrogen-bond donors (Lipinski definition) is 2. The van der Waals surface area contributed by atoms with E-state index in [1.54, 1.807) is 18.3 Å². The van der Waals surface area contributed by atoms with Gasteiger partial charge in [-0.25, -0.2) is 0 Å². The molecule has 2 nitrogen and oxygen atoms in total. The Morgan fingerprint density at radius 3 is 1.86 bits per heavy atom. The van der Waals surface area contributed by atoms with Crippen molar-refractivity contribution in [3.05, 3.63) is 53.1 Å². The number of halogens is 3. The number of thiol groups is 1. The van der Waals surface area contributed by atoms with Gasteiger partial charge in [0.05, 0.1) is 5.69 Å². The molecule has 0 saturated heterocycles. The summed E-state index contributed by atoms with van der Waals surface area (Å²) in [5.41, 5.74) is 4.05. The number of benzene rings is 2. The second kappa shape index (κ2) is 12.5. The SMILES string of the molecule is CC(C)(C)c1ccc(N=Cc2ccccc2O)c(S)c1C(C)(C)C.[Cl-].[Cl-].[Cl-].[Ti+3]. The second-order valence-electron chi connectivity index (χ2n) is 8.17. The Balaban J connectivity index is -0.00000156. The Hall–Kier alpha value is -0.156. The van der Waals surface area contributed by atoms with Crippen molar-refractivity contribution in [3.8, 4) is 5.75 Å². The van der Waals surface area contributed by atoms with Crippen LogP contribution in [-0.2, 0) is 32.5 Å². The Kier molecular flexibility index (Phi) is 14.5. The van der Waals surface area contributed by atoms with Gasteiger partial charge in [0.1, 0.15) is 5.75 Å². The molecule has 0 aliphatic carbocycles. The predicted molar refractivity (Wildman–Crippen MR) is 106 cm³/mol. The van der Waals surface area contributed by atoms with Crippen LogP contribution < -0.4 is 37.2 Å². The molecule has 0 heterocycles. The van der Waals surface area contributed by atoms with Crippen LogP contribution in [0.4, 0.5) is 5.69 Å². The van der Waals surface area contributed by atoms with Crippen LogP contribution in [0.5, 0.6) is 5.75 Å². The van der Waals surface area contributed by atoms with E-state index in [0.717, 1.165) is 10.6 Å². The third-order valence-electron chi connectivity index (χ3n) is 3.99. The maximum Gasteiger partial charge on any atom is 3.00 e. The number of para-hydroxylation sites is 1. The minimum absolute atomic E-state index is 0. The van der Waals surface area contributed by atoms with Gasteiger partial charge in [0, 0.05) is 16.7 Å². The van der Waals surface area contributed by atoms with E-state index in [2.05, 4.69) is 52.6 Å². The maximum absolute atomic E-state index is 9.88. The number of phenolic OH excluding ortho intramolecular Hbond substituents is 1. The third-order valence-corrected chi connectivity index (χ3v) is 4.45. The summed E-state index contributed by atoms with van der Waals surface area (Å²) in [7, 11) is 0. The topological polar surface area (TPSA) is 32.6 Å². The number of phenols is 1. The van der Waals surface area contributed by atoms with Crippen LogP contribution in [-0.4, -0.2) is 11.3 Å². The Morgan fingerprint density at radius 2 is 1.39 bits per heavy atom. The average molecular weight is 496 g/mol. The fourth-order valence-corrected chi connectivity index (χ4v) is 3.39. The van der Waals surface area contributed by atoms with Gasteiger partial charge in [-0.2, -0.15) is 0 Å². The molecule has 0 saturated carbocycles. The average Bonchev–Trinajstić information content (AvgIpc) is 2.44. The van der Waals surface area contributed by atoms with E-state index in [9.17, 15) is 5.11 Å². The van der Waals surface area contributed by atoms with Gasteiger partial charge in [0.25, 0.3) is 0 Å². The molecule has 0 atom stereocenters. The van der Waals surface area contributed by atoms with E-state index in [0.29, 0.717) is 5.56 Å². The van der Waals surface area contributed by atoms with E-state index in [1.807, 2.05) is 18.2 Å². The summed E-state index contributed by atoms with van der Waals surface area (Å²) in [5, 5.41) is 9.88. The summed E-state index contributed by atoms with van der Waals surface area (Å²) in [6.07, 6.45) is 1.69. The number of rotatable bonds is 2. The van der Waals surface area contributed by atoms with Gasteiger partial charge in [-0.15, -0.1) is 12.6 Å². The van der Waals surface area contributed by atoms with E-state index >= 15 is 0 Å². The fourth-order valence-electron chi connectivity index (χ4n) is 2.80. The van der Waals surface area contributed by atoms with Crippen molar-refractivity contribution in [1.82, 2.24) is 0 Å². The molecule has 2 rings (SSSR count). The minimum atomic E-state index is -0.0277. The van der Waals surface area contributed by atoms with Crippen molar-refractivity contribution in [1.29, 1.82) is 0 Å². The Morgan fingerprint density at radius 1 is 0.857 bits per heavy atom. The first kappa shape index (κ1) is 32.5. The van der Waals surface area contributed by atoms with Crippen molar-refractivity contribution >= 4 is 24.5 Å². The van der Waals surface area contributed by atoms with Gasteiger partial charge in [-0.05, 0) is 40.2 Å². The molecule has 0 bridgehead atoms. The van der Waals surface area contributed by atoms with Gasteiger partial charge in [-0.3, -0.25) is 4.99 Å². The van der Waals surface area contributed by atoms with Crippen LogP contribution >= 0.6 is 12.6 Å². The maximum atomic E-state index is 9.88. The molecule has 7 heteroatoms. The summed E-state index contributed by atoms with van der Waals surface area (Å²) in [5.74, 6) is 0.226. The third kappa shape index (κ3) is 7.93. The molecule has 1 N–H and O–H groups in total. The summed E-state index contributed by atoms with van der Waals surface area (Å²) in [6, 6.07) is 11.3. The monoisotopic (exact) mass is 494 g/mol. The van der Waals surface area contributed by atoms with Crippen molar-refractivity contribution in [2.75, 3.05) is 0 Å². The summed E-state index contributed by atoms with van der Waals surface area (Å²) >= 11 is 4.80. The Labute approximate surface area is 208 Å². The van der Waals surface area contributed by atoms with Crippen molar-refractivity contribution < 1.29 is 64.0 Å². The molecule has 0 spiro atoms. The van der Waals surface area contributed by atoms with Gasteiger partial charge < -0.3 is 42.3 Å². The molecule has 0 unspecified atom stereocenters. The Bertz CT molecular complexity index is 784. The number of nitrogens with zero attached hydrogens (tertiary/aromatic N) is 1. The van der Waals surface area contributed by atoms with Crippen LogP contribution in [0.1, 0.15) is 58.2 Å². The summed E-state index contributed by atoms with van der Waals surface area (Å²) < 4.78 is 0. The smallest absolute Gasteiger partial charge is 1.00 e. The quantitative estimate of drug-likeness (QED) is 0.261. The largest absolute Gasteiger partial charge is 3.00 e. The molecule has 2 aromatic rings. The molecule has 28 heavy (non-hydrogen) atoms. The molecule has 1 radical (unpaired) electrons. The standard InChI is InChI=1S/C21H27NOS.3ClH.Ti/c1-20(2,3)15-11-12-16(19(24)18(15)21(4,5)6)22-13-14-9-7-8-10-17(14)23;;;;/h7-13,23-24H,1-6H3;3*1H;/q;;;;+3/p-3. The molecule has 0 aliphatic rings. The molecular formula is C21H27Cl3NOSTi. The number of hydrogen-bond acceptors (Lipinski definition) is 3. The number of aromatic hydroxyl groups is 1. The van der Waals surface area contributed by atoms with Crippen LogP contribution in [0.15, 0.2) is 46.3 Å². The number of aliphatic imine (C=N–C) groups is 1. The zero-order valence-corrected chi connectivity index (χ0v) is 21.7. The molecule has 0 aliphatic heterocycles. The van der Waals surface area contributed by atoms with E-state index in [1.165, 1.54) is 11.1 Å². The predicted octanol–water partition coefficient (Wildman–Crippen LogP) is -2.96. The summed E-state index contributed by atoms with van der Waals surface area (Å²) in [4.78, 5) is 5.48. The minimum Gasteiger partial charge on any atom is -1.00 e. The van der Waals surface area contributed by atoms with Crippen molar-refractivity contribution in [2.45, 2.75) is 57.3 Å². The second-order valence-corrected chi connectivity index (χ2v) is 8.62. The molecule has 0 fully saturated rings. The molecular weight excluding hydrogens is 469 g/mol.